The molecule has 4 nitrogen and oxygen atoms in total. The predicted octanol–water partition coefficient (Wildman–Crippen LogP) is 2.95. The van der Waals surface area contributed by atoms with E-state index in [0.29, 0.717) is 13.0 Å². The second-order valence-corrected chi connectivity index (χ2v) is 9.37. The van der Waals surface area contributed by atoms with Gasteiger partial charge in [0.15, 0.2) is 0 Å². The molecule has 2 atom stereocenters. The molecule has 142 valence electrons. The number of benzene rings is 2. The monoisotopic (exact) mass is 382 g/mol. The fraction of sp³-hybridized carbons (Fsp3) is 0.318. The summed E-state index contributed by atoms with van der Waals surface area (Å²) in [5.41, 5.74) is 0. The summed E-state index contributed by atoms with van der Waals surface area (Å²) in [5.74, 6) is -0.229. The molecule has 2 aromatic carbocycles. The Labute approximate surface area is 162 Å². The number of esters is 1. The maximum absolute atomic E-state index is 12.1. The molecule has 0 radical (unpaired) electrons. The van der Waals surface area contributed by atoms with Gasteiger partial charge in [-0.2, -0.15) is 0 Å². The lowest BCUT2D eigenvalue weighted by Gasteiger charge is -2.42. The highest BCUT2D eigenvalue weighted by Crippen LogP contribution is 2.27. The van der Waals surface area contributed by atoms with Gasteiger partial charge in [-0.25, -0.2) is 0 Å². The van der Waals surface area contributed by atoms with Crippen molar-refractivity contribution in [1.82, 2.24) is 0 Å². The Balaban J connectivity index is 2.03. The van der Waals surface area contributed by atoms with E-state index in [-0.39, 0.29) is 24.6 Å². The van der Waals surface area contributed by atoms with Crippen LogP contribution < -0.4 is 10.4 Å². The van der Waals surface area contributed by atoms with E-state index < -0.39 is 8.56 Å². The lowest BCUT2D eigenvalue weighted by Crippen LogP contribution is -2.68. The molecule has 1 fully saturated rings. The molecule has 0 aliphatic carbocycles. The van der Waals surface area contributed by atoms with E-state index in [1.807, 2.05) is 62.4 Å². The summed E-state index contributed by atoms with van der Waals surface area (Å²) in [4.78, 5) is 12.1. The molecule has 1 heterocycles. The Morgan fingerprint density at radius 3 is 2.19 bits per heavy atom. The van der Waals surface area contributed by atoms with Gasteiger partial charge in [0, 0.05) is 6.42 Å². The molecule has 0 saturated carbocycles. The molecule has 0 N–H and O–H groups in total. The third-order valence-electron chi connectivity index (χ3n) is 4.56. The summed E-state index contributed by atoms with van der Waals surface area (Å²) < 4.78 is 18.4. The van der Waals surface area contributed by atoms with Gasteiger partial charge in [-0.15, -0.1) is 0 Å². The second kappa shape index (κ2) is 9.13. The van der Waals surface area contributed by atoms with Crippen LogP contribution in [0.25, 0.3) is 0 Å². The van der Waals surface area contributed by atoms with Crippen molar-refractivity contribution in [3.05, 3.63) is 72.8 Å². The van der Waals surface area contributed by atoms with Crippen LogP contribution in [-0.4, -0.2) is 33.3 Å². The molecular weight excluding hydrogens is 356 g/mol. The number of ether oxygens (including phenoxy) is 1. The Bertz CT molecular complexity index is 721. The van der Waals surface area contributed by atoms with Crippen LogP contribution in [0.4, 0.5) is 0 Å². The average Bonchev–Trinajstić information content (AvgIpc) is 2.69. The molecule has 0 aromatic heterocycles. The van der Waals surface area contributed by atoms with Gasteiger partial charge in [0.1, 0.15) is 0 Å². The van der Waals surface area contributed by atoms with Crippen molar-refractivity contribution in [3.8, 4) is 0 Å². The van der Waals surface area contributed by atoms with E-state index in [1.165, 1.54) is 0 Å². The third kappa shape index (κ3) is 4.56. The largest absolute Gasteiger partial charge is 0.466 e. The molecule has 2 aromatic rings. The molecule has 2 unspecified atom stereocenters. The van der Waals surface area contributed by atoms with Crippen LogP contribution in [-0.2, 0) is 18.4 Å². The van der Waals surface area contributed by atoms with Gasteiger partial charge in [0.25, 0.3) is 0 Å². The SMILES string of the molecule is CC=CC1CC(CC(=O)OCC)O[Si](c2ccccc2)(c2ccccc2)O1. The standard InChI is InChI=1S/C22H26O4Si/c1-3-11-18-16-19(17-22(23)24-4-2)26-27(25-18,20-12-7-5-8-13-20)21-14-9-6-10-15-21/h3,5-15,18-19H,4,16-17H2,1-2H3. The minimum absolute atomic E-state index is 0.102. The number of hydrogen-bond donors (Lipinski definition) is 0. The minimum atomic E-state index is -2.95. The maximum Gasteiger partial charge on any atom is 0.407 e. The van der Waals surface area contributed by atoms with Crippen molar-refractivity contribution in [2.24, 2.45) is 0 Å². The van der Waals surface area contributed by atoms with Gasteiger partial charge >= 0.3 is 14.5 Å². The van der Waals surface area contributed by atoms with E-state index in [9.17, 15) is 4.79 Å². The van der Waals surface area contributed by atoms with Crippen LogP contribution >= 0.6 is 0 Å². The van der Waals surface area contributed by atoms with Crippen LogP contribution in [0.15, 0.2) is 72.8 Å². The van der Waals surface area contributed by atoms with Crippen LogP contribution in [0, 0.1) is 0 Å². The molecule has 1 aliphatic rings. The first kappa shape index (κ1) is 19.5. The fourth-order valence-electron chi connectivity index (χ4n) is 3.45. The van der Waals surface area contributed by atoms with Crippen molar-refractivity contribution in [1.29, 1.82) is 0 Å². The van der Waals surface area contributed by atoms with E-state index >= 15 is 0 Å². The van der Waals surface area contributed by atoms with Crippen LogP contribution in [0.1, 0.15) is 26.7 Å². The third-order valence-corrected chi connectivity index (χ3v) is 8.05. The van der Waals surface area contributed by atoms with Gasteiger partial charge in [-0.1, -0.05) is 72.8 Å². The Morgan fingerprint density at radius 1 is 1.07 bits per heavy atom. The molecule has 1 saturated heterocycles. The quantitative estimate of drug-likeness (QED) is 0.438. The Hall–Kier alpha value is -2.21. The predicted molar refractivity (Wildman–Crippen MR) is 108 cm³/mol. The van der Waals surface area contributed by atoms with Crippen molar-refractivity contribution in [2.75, 3.05) is 6.61 Å². The smallest absolute Gasteiger partial charge is 0.407 e. The number of allylic oxidation sites excluding steroid dienone is 1. The Morgan fingerprint density at radius 2 is 1.67 bits per heavy atom. The number of hydrogen-bond acceptors (Lipinski definition) is 4. The zero-order chi connectivity index (χ0) is 19.1. The maximum atomic E-state index is 12.1. The number of carbonyl (C=O) groups excluding carboxylic acids is 1. The Kier molecular flexibility index (Phi) is 6.61. The molecule has 0 spiro atoms. The summed E-state index contributed by atoms with van der Waals surface area (Å²) in [7, 11) is -2.95. The van der Waals surface area contributed by atoms with E-state index in [2.05, 4.69) is 24.3 Å². The second-order valence-electron chi connectivity index (χ2n) is 6.52. The highest BCUT2D eigenvalue weighted by molar-refractivity contribution is 6.92. The first-order valence-corrected chi connectivity index (χ1v) is 11.2. The van der Waals surface area contributed by atoms with Gasteiger partial charge in [-0.3, -0.25) is 4.79 Å². The lowest BCUT2D eigenvalue weighted by molar-refractivity contribution is -0.146. The topological polar surface area (TPSA) is 44.8 Å². The molecular formula is C22H26O4Si. The average molecular weight is 383 g/mol. The van der Waals surface area contributed by atoms with Gasteiger partial charge in [0.2, 0.25) is 0 Å². The molecule has 3 rings (SSSR count). The summed E-state index contributed by atoms with van der Waals surface area (Å²) >= 11 is 0. The van der Waals surface area contributed by atoms with Crippen molar-refractivity contribution >= 4 is 24.9 Å². The van der Waals surface area contributed by atoms with Gasteiger partial charge < -0.3 is 13.6 Å². The summed E-state index contributed by atoms with van der Waals surface area (Å²) in [6.07, 6.45) is 4.57. The number of carbonyl (C=O) groups is 1. The first-order chi connectivity index (χ1) is 13.2. The normalized spacial score (nSPS) is 21.9. The van der Waals surface area contributed by atoms with Crippen molar-refractivity contribution < 1.29 is 18.4 Å². The molecule has 5 heteroatoms. The zero-order valence-electron chi connectivity index (χ0n) is 15.8. The van der Waals surface area contributed by atoms with Crippen molar-refractivity contribution in [2.45, 2.75) is 38.9 Å². The van der Waals surface area contributed by atoms with Crippen molar-refractivity contribution in [3.63, 3.8) is 0 Å². The highest BCUT2D eigenvalue weighted by atomic mass is 28.4. The lowest BCUT2D eigenvalue weighted by atomic mass is 10.1. The molecule has 1 aliphatic heterocycles. The minimum Gasteiger partial charge on any atom is -0.466 e. The summed E-state index contributed by atoms with van der Waals surface area (Å²) in [6, 6.07) is 20.2. The van der Waals surface area contributed by atoms with E-state index in [0.717, 1.165) is 10.4 Å². The highest BCUT2D eigenvalue weighted by Gasteiger charge is 2.50. The fourth-order valence-corrected chi connectivity index (χ4v) is 6.89. The van der Waals surface area contributed by atoms with Crippen LogP contribution in [0.5, 0.6) is 0 Å². The molecule has 0 amide bonds. The van der Waals surface area contributed by atoms with Gasteiger partial charge in [0.05, 0.1) is 25.2 Å². The van der Waals surface area contributed by atoms with Crippen LogP contribution in [0.2, 0.25) is 0 Å². The van der Waals surface area contributed by atoms with Crippen LogP contribution in [0.3, 0.4) is 0 Å². The summed E-state index contributed by atoms with van der Waals surface area (Å²) in [5, 5.41) is 2.08. The van der Waals surface area contributed by atoms with E-state index in [4.69, 9.17) is 13.6 Å². The summed E-state index contributed by atoms with van der Waals surface area (Å²) in [6.45, 7) is 4.17. The van der Waals surface area contributed by atoms with E-state index in [1.54, 1.807) is 0 Å². The van der Waals surface area contributed by atoms with Gasteiger partial charge in [-0.05, 0) is 24.2 Å². The zero-order valence-corrected chi connectivity index (χ0v) is 16.8. The first-order valence-electron chi connectivity index (χ1n) is 9.43. The molecule has 27 heavy (non-hydrogen) atoms. The molecule has 0 bridgehead atoms. The number of rotatable bonds is 6.